The number of benzene rings is 2. The van der Waals surface area contributed by atoms with E-state index in [1.54, 1.807) is 29.4 Å². The fraction of sp³-hybridized carbons (Fsp3) is 0.227. The number of furan rings is 1. The molecule has 3 rings (SSSR count). The Bertz CT molecular complexity index is 906. The molecule has 0 spiro atoms. The van der Waals surface area contributed by atoms with Crippen LogP contribution in [0.4, 0.5) is 0 Å². The summed E-state index contributed by atoms with van der Waals surface area (Å²) in [5.74, 6) is 1.88. The van der Waals surface area contributed by atoms with Crippen LogP contribution in [0.15, 0.2) is 65.3 Å². The molecule has 146 valence electrons. The van der Waals surface area contributed by atoms with Gasteiger partial charge in [-0.05, 0) is 17.7 Å². The van der Waals surface area contributed by atoms with E-state index in [4.69, 9.17) is 18.6 Å². The van der Waals surface area contributed by atoms with Gasteiger partial charge >= 0.3 is 0 Å². The van der Waals surface area contributed by atoms with Gasteiger partial charge in [0.2, 0.25) is 0 Å². The zero-order chi connectivity index (χ0) is 19.9. The summed E-state index contributed by atoms with van der Waals surface area (Å²) in [6, 6.07) is 16.7. The van der Waals surface area contributed by atoms with Crippen LogP contribution in [0.2, 0.25) is 0 Å². The Hall–Kier alpha value is -3.41. The third kappa shape index (κ3) is 4.28. The summed E-state index contributed by atoms with van der Waals surface area (Å²) in [6.45, 7) is 0.760. The number of hydrogen-bond acceptors (Lipinski definition) is 5. The van der Waals surface area contributed by atoms with Gasteiger partial charge in [0.05, 0.1) is 39.7 Å². The van der Waals surface area contributed by atoms with Crippen LogP contribution in [-0.2, 0) is 13.1 Å². The molecule has 1 heterocycles. The number of rotatable bonds is 8. The minimum absolute atomic E-state index is 0.196. The van der Waals surface area contributed by atoms with E-state index in [0.29, 0.717) is 41.7 Å². The van der Waals surface area contributed by atoms with Crippen molar-refractivity contribution < 1.29 is 23.4 Å². The summed E-state index contributed by atoms with van der Waals surface area (Å²) in [5.41, 5.74) is 1.41. The Balaban J connectivity index is 1.98. The highest BCUT2D eigenvalue weighted by atomic mass is 16.5. The largest absolute Gasteiger partial charge is 0.496 e. The fourth-order valence-electron chi connectivity index (χ4n) is 2.96. The van der Waals surface area contributed by atoms with Crippen LogP contribution in [0, 0.1) is 0 Å². The molecule has 6 heteroatoms. The number of hydrogen-bond donors (Lipinski definition) is 0. The number of carbonyl (C=O) groups excluding carboxylic acids is 1. The Morgan fingerprint density at radius 3 is 2.14 bits per heavy atom. The molecule has 0 unspecified atom stereocenters. The van der Waals surface area contributed by atoms with Gasteiger partial charge in [0.15, 0.2) is 11.5 Å². The van der Waals surface area contributed by atoms with Crippen LogP contribution >= 0.6 is 0 Å². The number of carbonyl (C=O) groups is 1. The van der Waals surface area contributed by atoms with E-state index < -0.39 is 0 Å². The summed E-state index contributed by atoms with van der Waals surface area (Å²) in [7, 11) is 4.59. The fourth-order valence-corrected chi connectivity index (χ4v) is 2.96. The molecule has 28 heavy (non-hydrogen) atoms. The van der Waals surface area contributed by atoms with E-state index in [0.717, 1.165) is 5.56 Å². The molecule has 0 N–H and O–H groups in total. The summed E-state index contributed by atoms with van der Waals surface area (Å²) >= 11 is 0. The Morgan fingerprint density at radius 2 is 1.54 bits per heavy atom. The summed E-state index contributed by atoms with van der Waals surface area (Å²) < 4.78 is 21.6. The van der Waals surface area contributed by atoms with Gasteiger partial charge in [0.25, 0.3) is 5.91 Å². The van der Waals surface area contributed by atoms with Crippen LogP contribution in [0.25, 0.3) is 0 Å². The third-order valence-electron chi connectivity index (χ3n) is 4.37. The number of ether oxygens (including phenoxy) is 3. The van der Waals surface area contributed by atoms with E-state index in [1.807, 2.05) is 36.4 Å². The van der Waals surface area contributed by atoms with Crippen LogP contribution in [-0.4, -0.2) is 32.1 Å². The monoisotopic (exact) mass is 381 g/mol. The van der Waals surface area contributed by atoms with Gasteiger partial charge < -0.3 is 23.5 Å². The number of amides is 1. The highest BCUT2D eigenvalue weighted by Gasteiger charge is 2.24. The van der Waals surface area contributed by atoms with E-state index >= 15 is 0 Å². The van der Waals surface area contributed by atoms with Crippen molar-refractivity contribution in [3.05, 3.63) is 77.7 Å². The maximum atomic E-state index is 13.4. The van der Waals surface area contributed by atoms with Gasteiger partial charge in [-0.1, -0.05) is 30.3 Å². The van der Waals surface area contributed by atoms with Gasteiger partial charge in [0.1, 0.15) is 11.5 Å². The van der Waals surface area contributed by atoms with Gasteiger partial charge in [-0.25, -0.2) is 0 Å². The molecule has 2 aromatic carbocycles. The average molecular weight is 381 g/mol. The van der Waals surface area contributed by atoms with Crippen molar-refractivity contribution in [2.75, 3.05) is 21.3 Å². The minimum Gasteiger partial charge on any atom is -0.496 e. The van der Waals surface area contributed by atoms with Gasteiger partial charge in [-0.2, -0.15) is 0 Å². The number of nitrogens with zero attached hydrogens (tertiary/aromatic N) is 1. The van der Waals surface area contributed by atoms with E-state index in [1.165, 1.54) is 21.3 Å². The molecule has 0 saturated carbocycles. The predicted molar refractivity (Wildman–Crippen MR) is 105 cm³/mol. The molecule has 1 aromatic heterocycles. The van der Waals surface area contributed by atoms with Crippen LogP contribution in [0.1, 0.15) is 21.7 Å². The van der Waals surface area contributed by atoms with E-state index in [9.17, 15) is 4.79 Å². The maximum Gasteiger partial charge on any atom is 0.258 e. The lowest BCUT2D eigenvalue weighted by Crippen LogP contribution is -2.30. The van der Waals surface area contributed by atoms with Crippen molar-refractivity contribution >= 4 is 5.91 Å². The highest BCUT2D eigenvalue weighted by Crippen LogP contribution is 2.35. The van der Waals surface area contributed by atoms with Gasteiger partial charge in [0, 0.05) is 18.7 Å². The summed E-state index contributed by atoms with van der Waals surface area (Å²) in [5, 5.41) is 0. The maximum absolute atomic E-state index is 13.4. The lowest BCUT2D eigenvalue weighted by Gasteiger charge is -2.23. The second-order valence-electron chi connectivity index (χ2n) is 6.13. The first-order valence-corrected chi connectivity index (χ1v) is 8.81. The number of methoxy groups -OCH3 is 3. The Kier molecular flexibility index (Phi) is 6.22. The molecular formula is C22H23NO5. The van der Waals surface area contributed by atoms with E-state index in [2.05, 4.69) is 0 Å². The zero-order valence-electron chi connectivity index (χ0n) is 16.2. The van der Waals surface area contributed by atoms with Crippen molar-refractivity contribution in [2.45, 2.75) is 13.1 Å². The molecule has 0 atom stereocenters. The first kappa shape index (κ1) is 19.4. The lowest BCUT2D eigenvalue weighted by molar-refractivity contribution is 0.0713. The predicted octanol–water partition coefficient (Wildman–Crippen LogP) is 4.15. The summed E-state index contributed by atoms with van der Waals surface area (Å²) in [4.78, 5) is 15.1. The zero-order valence-corrected chi connectivity index (χ0v) is 16.2. The van der Waals surface area contributed by atoms with Crippen LogP contribution in [0.3, 0.4) is 0 Å². The molecule has 0 aliphatic heterocycles. The quantitative estimate of drug-likeness (QED) is 0.587. The molecule has 0 aliphatic carbocycles. The average Bonchev–Trinajstić information content (AvgIpc) is 3.25. The van der Waals surface area contributed by atoms with Crippen molar-refractivity contribution in [2.24, 2.45) is 0 Å². The first-order valence-electron chi connectivity index (χ1n) is 8.81. The summed E-state index contributed by atoms with van der Waals surface area (Å²) in [6.07, 6.45) is 1.59. The smallest absolute Gasteiger partial charge is 0.258 e. The second-order valence-corrected chi connectivity index (χ2v) is 6.13. The molecule has 6 nitrogen and oxygen atoms in total. The SMILES string of the molecule is COc1cc(OC)c(C(=O)N(Cc2ccccc2)Cc2ccco2)cc1OC. The highest BCUT2D eigenvalue weighted by molar-refractivity contribution is 5.97. The molecular weight excluding hydrogens is 358 g/mol. The second kappa shape index (κ2) is 8.99. The molecule has 0 saturated heterocycles. The van der Waals surface area contributed by atoms with Crippen molar-refractivity contribution in [1.29, 1.82) is 0 Å². The van der Waals surface area contributed by atoms with Crippen molar-refractivity contribution in [3.63, 3.8) is 0 Å². The van der Waals surface area contributed by atoms with Crippen LogP contribution in [0.5, 0.6) is 17.2 Å². The van der Waals surface area contributed by atoms with Crippen molar-refractivity contribution in [3.8, 4) is 17.2 Å². The topological polar surface area (TPSA) is 61.1 Å². The molecule has 1 amide bonds. The van der Waals surface area contributed by atoms with Crippen molar-refractivity contribution in [1.82, 2.24) is 4.90 Å². The molecule has 0 bridgehead atoms. The normalized spacial score (nSPS) is 10.4. The standard InChI is InChI=1S/C22H23NO5/c1-25-19-13-21(27-3)20(26-2)12-18(19)22(24)23(15-17-10-7-11-28-17)14-16-8-5-4-6-9-16/h4-13H,14-15H2,1-3H3. The minimum atomic E-state index is -0.196. The molecule has 3 aromatic rings. The Morgan fingerprint density at radius 1 is 0.857 bits per heavy atom. The first-order chi connectivity index (χ1) is 13.7. The molecule has 0 aliphatic rings. The molecule has 0 fully saturated rings. The van der Waals surface area contributed by atoms with Crippen LogP contribution < -0.4 is 14.2 Å². The Labute approximate surface area is 164 Å². The van der Waals surface area contributed by atoms with E-state index in [-0.39, 0.29) is 5.91 Å². The third-order valence-corrected chi connectivity index (χ3v) is 4.37. The van der Waals surface area contributed by atoms with Gasteiger partial charge in [-0.15, -0.1) is 0 Å². The van der Waals surface area contributed by atoms with Gasteiger partial charge in [-0.3, -0.25) is 4.79 Å². The lowest BCUT2D eigenvalue weighted by atomic mass is 10.1. The molecule has 0 radical (unpaired) electrons.